The van der Waals surface area contributed by atoms with Crippen LogP contribution in [0.1, 0.15) is 43.5 Å². The molecule has 0 radical (unpaired) electrons. The van der Waals surface area contributed by atoms with E-state index in [1.54, 1.807) is 21.3 Å². The van der Waals surface area contributed by atoms with Crippen LogP contribution < -0.4 is 24.3 Å². The first-order valence-corrected chi connectivity index (χ1v) is 14.3. The van der Waals surface area contributed by atoms with E-state index in [9.17, 15) is 4.79 Å². The van der Waals surface area contributed by atoms with Gasteiger partial charge < -0.3 is 28.8 Å². The lowest BCUT2D eigenvalue weighted by molar-refractivity contribution is -0.120. The maximum Gasteiger partial charge on any atom is 0.224 e. The molecule has 3 aromatic carbocycles. The summed E-state index contributed by atoms with van der Waals surface area (Å²) in [7, 11) is 4.85. The summed E-state index contributed by atoms with van der Waals surface area (Å²) in [5.74, 6) is 4.11. The van der Waals surface area contributed by atoms with Gasteiger partial charge in [0, 0.05) is 19.5 Å². The highest BCUT2D eigenvalue weighted by Gasteiger charge is 2.11. The average Bonchev–Trinajstić information content (AvgIpc) is 3.36. The molecule has 1 N–H and O–H groups in total. The molecule has 0 unspecified atom stereocenters. The van der Waals surface area contributed by atoms with Crippen molar-refractivity contribution in [1.82, 2.24) is 14.9 Å². The molecule has 1 heterocycles. The van der Waals surface area contributed by atoms with Gasteiger partial charge in [0.05, 0.1) is 45.4 Å². The van der Waals surface area contributed by atoms with Gasteiger partial charge >= 0.3 is 0 Å². The minimum absolute atomic E-state index is 0.00924. The van der Waals surface area contributed by atoms with Crippen LogP contribution in [0.25, 0.3) is 11.0 Å². The molecule has 0 saturated heterocycles. The summed E-state index contributed by atoms with van der Waals surface area (Å²) in [5, 5.41) is 3.04. The number of rotatable bonds is 17. The lowest BCUT2D eigenvalue weighted by atomic mass is 10.1. The van der Waals surface area contributed by atoms with Crippen molar-refractivity contribution in [3.63, 3.8) is 0 Å². The zero-order valence-electron chi connectivity index (χ0n) is 24.4. The van der Waals surface area contributed by atoms with Gasteiger partial charge in [-0.05, 0) is 79.8 Å². The fourth-order valence-corrected chi connectivity index (χ4v) is 4.85. The Morgan fingerprint density at radius 2 is 1.59 bits per heavy atom. The van der Waals surface area contributed by atoms with Crippen LogP contribution in [0.15, 0.2) is 66.7 Å². The molecule has 0 aliphatic carbocycles. The number of hydrogen-bond acceptors (Lipinski definition) is 6. The number of imidazole rings is 1. The van der Waals surface area contributed by atoms with Crippen molar-refractivity contribution in [2.24, 2.45) is 0 Å². The normalized spacial score (nSPS) is 10.9. The molecule has 0 atom stereocenters. The Labute approximate surface area is 242 Å². The fraction of sp³-hybridized carbons (Fsp3) is 0.394. The van der Waals surface area contributed by atoms with E-state index >= 15 is 0 Å². The third-order valence-electron chi connectivity index (χ3n) is 7.05. The average molecular weight is 560 g/mol. The highest BCUT2D eigenvalue weighted by molar-refractivity contribution is 5.78. The third-order valence-corrected chi connectivity index (χ3v) is 7.05. The van der Waals surface area contributed by atoms with Crippen LogP contribution in [0.4, 0.5) is 0 Å². The lowest BCUT2D eigenvalue weighted by Gasteiger charge is -2.11. The summed E-state index contributed by atoms with van der Waals surface area (Å²) < 4.78 is 24.0. The SMILES string of the molecule is COc1ccc(OCCCCn2c(CCCCCNC(=O)Cc3ccc(OC)c(OC)c3)nc3ccccc32)cc1. The zero-order valence-corrected chi connectivity index (χ0v) is 24.4. The molecule has 4 aromatic rings. The molecule has 1 amide bonds. The summed E-state index contributed by atoms with van der Waals surface area (Å²) in [4.78, 5) is 17.3. The highest BCUT2D eigenvalue weighted by atomic mass is 16.5. The number of hydrogen-bond donors (Lipinski definition) is 1. The van der Waals surface area contributed by atoms with Gasteiger partial charge in [-0.1, -0.05) is 24.6 Å². The van der Waals surface area contributed by atoms with Crippen LogP contribution in [-0.4, -0.2) is 49.9 Å². The van der Waals surface area contributed by atoms with Crippen molar-refractivity contribution in [1.29, 1.82) is 0 Å². The molecule has 8 heteroatoms. The van der Waals surface area contributed by atoms with Crippen LogP contribution in [0.5, 0.6) is 23.0 Å². The molecule has 1 aromatic heterocycles. The van der Waals surface area contributed by atoms with Gasteiger partial charge in [-0.15, -0.1) is 0 Å². The Bertz CT molecular complexity index is 1380. The standard InChI is InChI=1S/C33H41N3O5/c1-38-26-15-17-27(18-16-26)41-22-10-9-21-36-29-12-7-6-11-28(29)35-32(36)13-5-4-8-20-34-33(37)24-25-14-19-30(39-2)31(23-25)40-3/h6-7,11-12,14-19,23H,4-5,8-10,13,20-22,24H2,1-3H3,(H,34,37). The fourth-order valence-electron chi connectivity index (χ4n) is 4.85. The topological polar surface area (TPSA) is 83.8 Å². The Morgan fingerprint density at radius 3 is 2.37 bits per heavy atom. The van der Waals surface area contributed by atoms with E-state index < -0.39 is 0 Å². The molecule has 8 nitrogen and oxygen atoms in total. The van der Waals surface area contributed by atoms with Crippen molar-refractivity contribution in [2.45, 2.75) is 51.5 Å². The number of unbranched alkanes of at least 4 members (excludes halogenated alkanes) is 3. The first-order valence-electron chi connectivity index (χ1n) is 14.3. The number of para-hydroxylation sites is 2. The van der Waals surface area contributed by atoms with Gasteiger partial charge in [-0.3, -0.25) is 4.79 Å². The molecule has 4 rings (SSSR count). The summed E-state index contributed by atoms with van der Waals surface area (Å²) in [6, 6.07) is 21.6. The molecule has 0 fully saturated rings. The largest absolute Gasteiger partial charge is 0.497 e. The molecule has 0 bridgehead atoms. The number of nitrogens with one attached hydrogen (secondary N) is 1. The maximum absolute atomic E-state index is 12.4. The van der Waals surface area contributed by atoms with Crippen LogP contribution in [0, 0.1) is 0 Å². The summed E-state index contributed by atoms with van der Waals surface area (Å²) in [6.07, 6.45) is 6.17. The van der Waals surface area contributed by atoms with Crippen LogP contribution in [0.3, 0.4) is 0 Å². The summed E-state index contributed by atoms with van der Waals surface area (Å²) >= 11 is 0. The Balaban J connectivity index is 1.18. The molecular weight excluding hydrogens is 518 g/mol. The smallest absolute Gasteiger partial charge is 0.224 e. The van der Waals surface area contributed by atoms with E-state index in [0.29, 0.717) is 31.1 Å². The van der Waals surface area contributed by atoms with Gasteiger partial charge in [0.15, 0.2) is 11.5 Å². The van der Waals surface area contributed by atoms with Gasteiger partial charge in [0.25, 0.3) is 0 Å². The van der Waals surface area contributed by atoms with Crippen molar-refractivity contribution in [2.75, 3.05) is 34.5 Å². The maximum atomic E-state index is 12.4. The second-order valence-corrected chi connectivity index (χ2v) is 9.93. The molecule has 0 aliphatic rings. The number of amides is 1. The minimum atomic E-state index is 0.00924. The van der Waals surface area contributed by atoms with Gasteiger partial charge in [-0.25, -0.2) is 4.98 Å². The number of methoxy groups -OCH3 is 3. The van der Waals surface area contributed by atoms with Gasteiger partial charge in [0.2, 0.25) is 5.91 Å². The first kappa shape index (κ1) is 29.8. The van der Waals surface area contributed by atoms with Crippen LogP contribution in [-0.2, 0) is 24.2 Å². The van der Waals surface area contributed by atoms with Crippen molar-refractivity contribution < 1.29 is 23.7 Å². The zero-order chi connectivity index (χ0) is 28.9. The Morgan fingerprint density at radius 1 is 0.805 bits per heavy atom. The Kier molecular flexibility index (Phi) is 11.3. The second kappa shape index (κ2) is 15.6. The molecule has 41 heavy (non-hydrogen) atoms. The number of fused-ring (bicyclic) bond motifs is 1. The summed E-state index contributed by atoms with van der Waals surface area (Å²) in [6.45, 7) is 2.25. The van der Waals surface area contributed by atoms with E-state index in [2.05, 4.69) is 28.1 Å². The van der Waals surface area contributed by atoms with E-state index in [-0.39, 0.29) is 5.91 Å². The lowest BCUT2D eigenvalue weighted by Crippen LogP contribution is -2.26. The minimum Gasteiger partial charge on any atom is -0.497 e. The number of aromatic nitrogens is 2. The van der Waals surface area contributed by atoms with Crippen molar-refractivity contribution in [3.05, 3.63) is 78.1 Å². The van der Waals surface area contributed by atoms with Crippen molar-refractivity contribution in [3.8, 4) is 23.0 Å². The van der Waals surface area contributed by atoms with E-state index in [4.69, 9.17) is 23.9 Å². The number of benzene rings is 3. The van der Waals surface area contributed by atoms with E-state index in [0.717, 1.165) is 73.5 Å². The predicted octanol–water partition coefficient (Wildman–Crippen LogP) is 5.99. The quantitative estimate of drug-likeness (QED) is 0.160. The third kappa shape index (κ3) is 8.64. The summed E-state index contributed by atoms with van der Waals surface area (Å²) in [5.41, 5.74) is 3.12. The van der Waals surface area contributed by atoms with Crippen LogP contribution in [0.2, 0.25) is 0 Å². The molecule has 0 aliphatic heterocycles. The van der Waals surface area contributed by atoms with Gasteiger partial charge in [0.1, 0.15) is 17.3 Å². The van der Waals surface area contributed by atoms with E-state index in [1.165, 1.54) is 5.52 Å². The second-order valence-electron chi connectivity index (χ2n) is 9.93. The van der Waals surface area contributed by atoms with Crippen molar-refractivity contribution >= 4 is 16.9 Å². The molecule has 0 spiro atoms. The molecular formula is C33H41N3O5. The number of carbonyl (C=O) groups excluding carboxylic acids is 1. The number of carbonyl (C=O) groups is 1. The first-order chi connectivity index (χ1) is 20.1. The molecule has 218 valence electrons. The number of aryl methyl sites for hydroxylation is 2. The van der Waals surface area contributed by atoms with E-state index in [1.807, 2.05) is 48.5 Å². The highest BCUT2D eigenvalue weighted by Crippen LogP contribution is 2.27. The monoisotopic (exact) mass is 559 g/mol. The predicted molar refractivity (Wildman–Crippen MR) is 161 cm³/mol. The van der Waals surface area contributed by atoms with Crippen LogP contribution >= 0.6 is 0 Å². The Hall–Kier alpha value is -4.20. The molecule has 0 saturated carbocycles. The number of nitrogens with zero attached hydrogens (tertiary/aromatic N) is 2. The number of ether oxygens (including phenoxy) is 4. The van der Waals surface area contributed by atoms with Gasteiger partial charge in [-0.2, -0.15) is 0 Å².